The molecule has 2 aromatic carbocycles. The van der Waals surface area contributed by atoms with Crippen LogP contribution in [0.25, 0.3) is 28.2 Å². The van der Waals surface area contributed by atoms with Gasteiger partial charge in [-0.2, -0.15) is 5.10 Å². The third-order valence-corrected chi connectivity index (χ3v) is 8.57. The van der Waals surface area contributed by atoms with Gasteiger partial charge in [-0.3, -0.25) is 4.90 Å². The first-order valence-corrected chi connectivity index (χ1v) is 17.0. The Kier molecular flexibility index (Phi) is 6.91. The highest BCUT2D eigenvalue weighted by Crippen LogP contribution is 2.33. The molecule has 0 aliphatic carbocycles. The molecule has 0 N–H and O–H groups in total. The highest BCUT2D eigenvalue weighted by atomic mass is 28.3. The number of cyclic esters (lactones) is 1. The van der Waals surface area contributed by atoms with Crippen LogP contribution >= 0.6 is 0 Å². The Morgan fingerprint density at radius 2 is 1.80 bits per heavy atom. The van der Waals surface area contributed by atoms with E-state index in [1.807, 2.05) is 60.8 Å². The van der Waals surface area contributed by atoms with Crippen LogP contribution in [0.2, 0.25) is 25.7 Å². The molecule has 40 heavy (non-hydrogen) atoms. The van der Waals surface area contributed by atoms with Gasteiger partial charge >= 0.3 is 6.09 Å². The number of nitrogens with zero attached hydrogens (tertiary/aromatic N) is 7. The fraction of sp³-hybridized carbons (Fsp3) is 0.276. The molecule has 1 saturated heterocycles. The fourth-order valence-corrected chi connectivity index (χ4v) is 5.37. The third kappa shape index (κ3) is 5.38. The molecule has 5 aromatic rings. The van der Waals surface area contributed by atoms with Crippen LogP contribution in [0.3, 0.4) is 0 Å². The first-order valence-electron chi connectivity index (χ1n) is 13.3. The van der Waals surface area contributed by atoms with Crippen molar-refractivity contribution in [2.75, 3.05) is 18.1 Å². The predicted molar refractivity (Wildman–Crippen MR) is 155 cm³/mol. The Balaban J connectivity index is 1.21. The van der Waals surface area contributed by atoms with Gasteiger partial charge in [-0.15, -0.1) is 5.10 Å². The molecule has 0 spiro atoms. The molecule has 11 heteroatoms. The maximum Gasteiger partial charge on any atom is 0.416 e. The van der Waals surface area contributed by atoms with Gasteiger partial charge in [0.15, 0.2) is 11.5 Å². The number of hydrogen-bond acceptors (Lipinski definition) is 7. The van der Waals surface area contributed by atoms with Crippen LogP contribution in [0, 0.1) is 0 Å². The van der Waals surface area contributed by atoms with Gasteiger partial charge in [-0.25, -0.2) is 24.0 Å². The lowest BCUT2D eigenvalue weighted by molar-refractivity contribution is 0.0785. The maximum atomic E-state index is 12.7. The van der Waals surface area contributed by atoms with E-state index in [1.54, 1.807) is 32.7 Å². The molecular formula is C29H31N7O3Si. The van der Waals surface area contributed by atoms with Gasteiger partial charge in [-0.1, -0.05) is 74.2 Å². The molecule has 0 bridgehead atoms. The SMILES string of the molecule is C[Si](C)(C)CCOCn1cnc(-c2ccc(-c3cnn4ccc(N5C(=O)OC[C@@H]5c5ccccc5)nc34)cc2)n1. The van der Waals surface area contributed by atoms with Crippen molar-refractivity contribution in [3.05, 3.63) is 84.9 Å². The van der Waals surface area contributed by atoms with E-state index in [0.717, 1.165) is 34.9 Å². The van der Waals surface area contributed by atoms with E-state index in [0.29, 0.717) is 24.0 Å². The molecule has 1 aliphatic rings. The predicted octanol–water partition coefficient (Wildman–Crippen LogP) is 5.67. The number of fused-ring (bicyclic) bond motifs is 1. The monoisotopic (exact) mass is 553 g/mol. The van der Waals surface area contributed by atoms with E-state index < -0.39 is 14.2 Å². The van der Waals surface area contributed by atoms with E-state index >= 15 is 0 Å². The molecule has 204 valence electrons. The van der Waals surface area contributed by atoms with Crippen molar-refractivity contribution in [2.24, 2.45) is 0 Å². The average molecular weight is 554 g/mol. The second-order valence-corrected chi connectivity index (χ2v) is 16.6. The summed E-state index contributed by atoms with van der Waals surface area (Å²) in [6.45, 7) is 8.40. The highest BCUT2D eigenvalue weighted by molar-refractivity contribution is 6.76. The van der Waals surface area contributed by atoms with Crippen molar-refractivity contribution in [3.8, 4) is 22.5 Å². The Labute approximate surface area is 233 Å². The summed E-state index contributed by atoms with van der Waals surface area (Å²) in [6, 6.07) is 20.5. The van der Waals surface area contributed by atoms with Crippen molar-refractivity contribution >= 4 is 25.6 Å². The molecule has 4 heterocycles. The molecular weight excluding hydrogens is 522 g/mol. The van der Waals surface area contributed by atoms with Crippen LogP contribution in [0.15, 0.2) is 79.4 Å². The zero-order valence-electron chi connectivity index (χ0n) is 22.8. The number of ether oxygens (including phenoxy) is 2. The molecule has 0 saturated carbocycles. The lowest BCUT2D eigenvalue weighted by Crippen LogP contribution is -2.28. The third-order valence-electron chi connectivity index (χ3n) is 6.87. The summed E-state index contributed by atoms with van der Waals surface area (Å²) in [5.41, 5.74) is 4.34. The van der Waals surface area contributed by atoms with Crippen LogP contribution in [-0.2, 0) is 16.2 Å². The summed E-state index contributed by atoms with van der Waals surface area (Å²) in [4.78, 5) is 23.6. The largest absolute Gasteiger partial charge is 0.447 e. The lowest BCUT2D eigenvalue weighted by Gasteiger charge is -2.20. The minimum absolute atomic E-state index is 0.243. The van der Waals surface area contributed by atoms with Gasteiger partial charge in [0.05, 0.1) is 6.20 Å². The topological polar surface area (TPSA) is 99.7 Å². The summed E-state index contributed by atoms with van der Waals surface area (Å²) in [7, 11) is -1.12. The summed E-state index contributed by atoms with van der Waals surface area (Å²) in [6.07, 6.45) is 4.87. The molecule has 10 nitrogen and oxygen atoms in total. The van der Waals surface area contributed by atoms with Gasteiger partial charge in [0.25, 0.3) is 0 Å². The molecule has 1 atom stereocenters. The molecule has 3 aromatic heterocycles. The first-order chi connectivity index (χ1) is 19.4. The molecule has 1 fully saturated rings. The van der Waals surface area contributed by atoms with Gasteiger partial charge in [0.2, 0.25) is 0 Å². The van der Waals surface area contributed by atoms with Crippen molar-refractivity contribution in [2.45, 2.75) is 38.5 Å². The Bertz CT molecular complexity index is 1630. The van der Waals surface area contributed by atoms with Crippen LogP contribution in [-0.4, -0.2) is 56.7 Å². The molecule has 1 amide bonds. The Morgan fingerprint density at radius 1 is 1.02 bits per heavy atom. The van der Waals surface area contributed by atoms with E-state index in [2.05, 4.69) is 34.8 Å². The minimum atomic E-state index is -1.12. The van der Waals surface area contributed by atoms with Crippen molar-refractivity contribution in [1.29, 1.82) is 0 Å². The van der Waals surface area contributed by atoms with Crippen molar-refractivity contribution < 1.29 is 14.3 Å². The number of carbonyl (C=O) groups excluding carboxylic acids is 1. The maximum absolute atomic E-state index is 12.7. The Hall–Kier alpha value is -4.35. The van der Waals surface area contributed by atoms with Crippen molar-refractivity contribution in [3.63, 3.8) is 0 Å². The van der Waals surface area contributed by atoms with Crippen LogP contribution in [0.5, 0.6) is 0 Å². The number of rotatable bonds is 9. The minimum Gasteiger partial charge on any atom is -0.447 e. The normalized spacial score (nSPS) is 15.6. The van der Waals surface area contributed by atoms with Crippen LogP contribution < -0.4 is 4.90 Å². The van der Waals surface area contributed by atoms with Gasteiger partial charge in [-0.05, 0) is 23.2 Å². The number of anilines is 1. The number of carbonyl (C=O) groups is 1. The smallest absolute Gasteiger partial charge is 0.416 e. The molecule has 6 rings (SSSR count). The van der Waals surface area contributed by atoms with Gasteiger partial charge in [0, 0.05) is 32.0 Å². The van der Waals surface area contributed by atoms with E-state index in [9.17, 15) is 4.79 Å². The summed E-state index contributed by atoms with van der Waals surface area (Å²) in [5, 5.41) is 9.04. The number of hydrogen-bond donors (Lipinski definition) is 0. The van der Waals surface area contributed by atoms with E-state index in [1.165, 1.54) is 0 Å². The Morgan fingerprint density at radius 3 is 2.58 bits per heavy atom. The summed E-state index contributed by atoms with van der Waals surface area (Å²) >= 11 is 0. The zero-order chi connectivity index (χ0) is 27.7. The molecule has 1 aliphatic heterocycles. The summed E-state index contributed by atoms with van der Waals surface area (Å²) < 4.78 is 14.6. The number of benzene rings is 2. The van der Waals surface area contributed by atoms with E-state index in [4.69, 9.17) is 14.5 Å². The van der Waals surface area contributed by atoms with E-state index in [-0.39, 0.29) is 12.6 Å². The fourth-order valence-electron chi connectivity index (χ4n) is 4.62. The quantitative estimate of drug-likeness (QED) is 0.171. The second-order valence-electron chi connectivity index (χ2n) is 11.0. The second kappa shape index (κ2) is 10.7. The van der Waals surface area contributed by atoms with Crippen LogP contribution in [0.1, 0.15) is 11.6 Å². The number of amides is 1. The molecule has 0 unspecified atom stereocenters. The standard InChI is InChI=1S/C29H31N7O3Si/c1-40(2,3)16-15-38-20-34-19-30-27(33-34)23-11-9-21(10-12-23)24-17-31-35-14-13-26(32-28(24)35)36-25(18-39-29(36)37)22-7-5-4-6-8-22/h4-14,17,19,25H,15-16,18,20H2,1-3H3/t25-/m1/s1. The zero-order valence-corrected chi connectivity index (χ0v) is 23.8. The van der Waals surface area contributed by atoms with Crippen LogP contribution in [0.4, 0.5) is 10.6 Å². The number of aromatic nitrogens is 6. The lowest BCUT2D eigenvalue weighted by atomic mass is 10.1. The van der Waals surface area contributed by atoms with Gasteiger partial charge in [0.1, 0.15) is 31.5 Å². The van der Waals surface area contributed by atoms with Gasteiger partial charge < -0.3 is 9.47 Å². The first kappa shape index (κ1) is 25.9. The van der Waals surface area contributed by atoms with Crippen molar-refractivity contribution in [1.82, 2.24) is 29.4 Å². The summed E-state index contributed by atoms with van der Waals surface area (Å²) in [5.74, 6) is 1.16. The average Bonchev–Trinajstić information content (AvgIpc) is 3.69. The highest BCUT2D eigenvalue weighted by Gasteiger charge is 2.36. The molecule has 0 radical (unpaired) electrons.